The van der Waals surface area contributed by atoms with E-state index in [0.29, 0.717) is 16.8 Å². The van der Waals surface area contributed by atoms with Crippen molar-refractivity contribution in [2.24, 2.45) is 0 Å². The van der Waals surface area contributed by atoms with E-state index >= 15 is 0 Å². The van der Waals surface area contributed by atoms with Gasteiger partial charge >= 0.3 is 6.36 Å². The third-order valence-electron chi connectivity index (χ3n) is 2.29. The quantitative estimate of drug-likeness (QED) is 0.869. The Hall–Kier alpha value is -2.17. The highest BCUT2D eigenvalue weighted by molar-refractivity contribution is 5.80. The molecule has 1 heterocycles. The smallest absolute Gasteiger partial charge is 0.405 e. The lowest BCUT2D eigenvalue weighted by atomic mass is 10.0. The number of alkyl halides is 3. The molecular formula is C13H10F3NO. The maximum Gasteiger partial charge on any atom is 0.573 e. The van der Waals surface area contributed by atoms with E-state index in [1.165, 1.54) is 12.1 Å². The number of hydrogen-bond acceptors (Lipinski definition) is 2. The van der Waals surface area contributed by atoms with Crippen LogP contribution in [0, 0.1) is 0 Å². The highest BCUT2D eigenvalue weighted by atomic mass is 19.4. The molecule has 1 aromatic rings. The van der Waals surface area contributed by atoms with E-state index in [9.17, 15) is 13.2 Å². The number of para-hydroxylation sites is 1. The second-order valence-corrected chi connectivity index (χ2v) is 3.65. The van der Waals surface area contributed by atoms with E-state index in [1.807, 2.05) is 0 Å². The summed E-state index contributed by atoms with van der Waals surface area (Å²) in [6.45, 7) is 3.69. The second kappa shape index (κ2) is 4.60. The van der Waals surface area contributed by atoms with Gasteiger partial charge in [-0.3, -0.25) is 0 Å². The Labute approximate surface area is 102 Å². The van der Waals surface area contributed by atoms with Gasteiger partial charge < -0.3 is 10.1 Å². The first-order valence-electron chi connectivity index (χ1n) is 5.14. The zero-order valence-corrected chi connectivity index (χ0v) is 9.29. The van der Waals surface area contributed by atoms with Gasteiger partial charge in [0.05, 0.1) is 0 Å². The number of nitrogens with one attached hydrogen (secondary N) is 1. The van der Waals surface area contributed by atoms with Crippen molar-refractivity contribution in [1.29, 1.82) is 0 Å². The predicted molar refractivity (Wildman–Crippen MR) is 62.5 cm³/mol. The van der Waals surface area contributed by atoms with Crippen LogP contribution in [-0.4, -0.2) is 6.36 Å². The van der Waals surface area contributed by atoms with Gasteiger partial charge in [0.2, 0.25) is 0 Å². The molecular weight excluding hydrogens is 243 g/mol. The molecule has 1 aliphatic rings. The molecule has 0 unspecified atom stereocenters. The number of benzene rings is 1. The molecule has 2 nitrogen and oxygen atoms in total. The summed E-state index contributed by atoms with van der Waals surface area (Å²) in [5, 5.41) is 2.83. The fourth-order valence-corrected chi connectivity index (χ4v) is 1.60. The summed E-state index contributed by atoms with van der Waals surface area (Å²) in [7, 11) is 0. The van der Waals surface area contributed by atoms with Gasteiger partial charge in [-0.2, -0.15) is 0 Å². The molecule has 94 valence electrons. The zero-order chi connectivity index (χ0) is 13.2. The molecule has 0 aromatic heterocycles. The highest BCUT2D eigenvalue weighted by Crippen LogP contribution is 2.32. The lowest BCUT2D eigenvalue weighted by Crippen LogP contribution is -2.18. The van der Waals surface area contributed by atoms with E-state index in [4.69, 9.17) is 0 Å². The number of dihydropyridines is 1. The van der Waals surface area contributed by atoms with Crippen LogP contribution < -0.4 is 10.1 Å². The van der Waals surface area contributed by atoms with Crippen molar-refractivity contribution in [1.82, 2.24) is 5.32 Å². The van der Waals surface area contributed by atoms with Gasteiger partial charge in [-0.25, -0.2) is 0 Å². The van der Waals surface area contributed by atoms with Gasteiger partial charge in [-0.05, 0) is 23.8 Å². The van der Waals surface area contributed by atoms with E-state index in [2.05, 4.69) is 16.6 Å². The molecule has 0 fully saturated rings. The maximum absolute atomic E-state index is 12.3. The van der Waals surface area contributed by atoms with Crippen molar-refractivity contribution in [3.63, 3.8) is 0 Å². The number of allylic oxidation sites excluding steroid dienone is 3. The predicted octanol–water partition coefficient (Wildman–Crippen LogP) is 3.60. The van der Waals surface area contributed by atoms with Crippen LogP contribution in [0.1, 0.15) is 5.56 Å². The fourth-order valence-electron chi connectivity index (χ4n) is 1.60. The van der Waals surface area contributed by atoms with Crippen molar-refractivity contribution in [3.05, 3.63) is 60.5 Å². The Morgan fingerprint density at radius 1 is 1.17 bits per heavy atom. The first-order chi connectivity index (χ1) is 8.46. The second-order valence-electron chi connectivity index (χ2n) is 3.65. The number of ether oxygens (including phenoxy) is 1. The van der Waals surface area contributed by atoms with Crippen LogP contribution >= 0.6 is 0 Å². The number of hydrogen-bond donors (Lipinski definition) is 1. The van der Waals surface area contributed by atoms with Crippen molar-refractivity contribution >= 4 is 5.57 Å². The molecule has 0 aliphatic carbocycles. The minimum absolute atomic E-state index is 0.226. The molecule has 0 bridgehead atoms. The minimum atomic E-state index is -4.70. The van der Waals surface area contributed by atoms with E-state index in [0.717, 1.165) is 0 Å². The largest absolute Gasteiger partial charge is 0.573 e. The van der Waals surface area contributed by atoms with Gasteiger partial charge in [-0.1, -0.05) is 24.8 Å². The molecule has 1 N–H and O–H groups in total. The van der Waals surface area contributed by atoms with Gasteiger partial charge in [0.1, 0.15) is 5.75 Å². The Balaban J connectivity index is 2.39. The number of rotatable bonds is 2. The average Bonchev–Trinajstić information content (AvgIpc) is 2.27. The van der Waals surface area contributed by atoms with Crippen molar-refractivity contribution in [2.45, 2.75) is 6.36 Å². The Morgan fingerprint density at radius 3 is 2.56 bits per heavy atom. The molecule has 0 amide bonds. The number of halogens is 3. The minimum Gasteiger partial charge on any atom is -0.405 e. The lowest BCUT2D eigenvalue weighted by Gasteiger charge is -2.16. The van der Waals surface area contributed by atoms with Gasteiger partial charge in [0, 0.05) is 17.5 Å². The first-order valence-corrected chi connectivity index (χ1v) is 5.14. The molecule has 0 atom stereocenters. The van der Waals surface area contributed by atoms with Gasteiger partial charge in [0.15, 0.2) is 0 Å². The Kier molecular flexibility index (Phi) is 3.14. The summed E-state index contributed by atoms with van der Waals surface area (Å²) < 4.78 is 40.8. The van der Waals surface area contributed by atoms with E-state index in [1.54, 1.807) is 30.5 Å². The van der Waals surface area contributed by atoms with Crippen LogP contribution in [-0.2, 0) is 0 Å². The SMILES string of the molecule is C=C1C=C(c2ccccc2OC(F)(F)F)C=CN1. The summed E-state index contributed by atoms with van der Waals surface area (Å²) in [6.07, 6.45) is 0.220. The van der Waals surface area contributed by atoms with Crippen molar-refractivity contribution in [3.8, 4) is 5.75 Å². The summed E-state index contributed by atoms with van der Waals surface area (Å²) in [4.78, 5) is 0. The van der Waals surface area contributed by atoms with E-state index in [-0.39, 0.29) is 5.75 Å². The summed E-state index contributed by atoms with van der Waals surface area (Å²) >= 11 is 0. The average molecular weight is 253 g/mol. The van der Waals surface area contributed by atoms with Crippen molar-refractivity contribution < 1.29 is 17.9 Å². The standard InChI is InChI=1S/C13H10F3NO/c1-9-8-10(6-7-17-9)11-4-2-3-5-12(11)18-13(14,15)16/h2-8,17H,1H2. The molecule has 0 saturated heterocycles. The topological polar surface area (TPSA) is 21.3 Å². The Morgan fingerprint density at radius 2 is 1.89 bits per heavy atom. The highest BCUT2D eigenvalue weighted by Gasteiger charge is 2.32. The van der Waals surface area contributed by atoms with Crippen LogP contribution in [0.25, 0.3) is 5.57 Å². The summed E-state index contributed by atoms with van der Waals surface area (Å²) in [5.74, 6) is -0.226. The van der Waals surface area contributed by atoms with Crippen LogP contribution in [0.2, 0.25) is 0 Å². The van der Waals surface area contributed by atoms with Crippen LogP contribution in [0.5, 0.6) is 5.75 Å². The Bertz CT molecular complexity index is 529. The molecule has 1 aliphatic heterocycles. The molecule has 0 spiro atoms. The molecule has 2 rings (SSSR count). The fraction of sp³-hybridized carbons (Fsp3) is 0.0769. The van der Waals surface area contributed by atoms with Crippen molar-refractivity contribution in [2.75, 3.05) is 0 Å². The molecule has 0 saturated carbocycles. The molecule has 18 heavy (non-hydrogen) atoms. The molecule has 0 radical (unpaired) electrons. The molecule has 5 heteroatoms. The van der Waals surface area contributed by atoms with Gasteiger partial charge in [-0.15, -0.1) is 13.2 Å². The monoisotopic (exact) mass is 253 g/mol. The maximum atomic E-state index is 12.3. The summed E-state index contributed by atoms with van der Waals surface area (Å²) in [5.41, 5.74) is 1.58. The zero-order valence-electron chi connectivity index (χ0n) is 9.29. The van der Waals surface area contributed by atoms with E-state index < -0.39 is 6.36 Å². The van der Waals surface area contributed by atoms with Crippen LogP contribution in [0.15, 0.2) is 54.9 Å². The third kappa shape index (κ3) is 2.94. The first kappa shape index (κ1) is 12.3. The van der Waals surface area contributed by atoms with Crippen LogP contribution in [0.4, 0.5) is 13.2 Å². The molecule has 1 aromatic carbocycles. The van der Waals surface area contributed by atoms with Gasteiger partial charge in [0.25, 0.3) is 0 Å². The summed E-state index contributed by atoms with van der Waals surface area (Å²) in [6, 6.07) is 5.99. The van der Waals surface area contributed by atoms with Crippen LogP contribution in [0.3, 0.4) is 0 Å². The lowest BCUT2D eigenvalue weighted by molar-refractivity contribution is -0.274. The normalized spacial score (nSPS) is 15.1. The third-order valence-corrected chi connectivity index (χ3v) is 2.29.